The van der Waals surface area contributed by atoms with E-state index in [0.29, 0.717) is 67.3 Å². The molecule has 1 aliphatic carbocycles. The van der Waals surface area contributed by atoms with Crippen LogP contribution in [-0.2, 0) is 11.2 Å². The summed E-state index contributed by atoms with van der Waals surface area (Å²) in [6.07, 6.45) is 1.95. The van der Waals surface area contributed by atoms with Gasteiger partial charge >= 0.3 is 0 Å². The standard InChI is InChI=1S/C25H29N5O3/c1-3-29(4-2)17-10-8-16(9-11-17)20-21-18(6-5-7-19(21)31)26-23-22(20)24(32)28-25(27-23)30-12-14-33-15-13-30/h8-11H,3-7,12-15H2,1-2H3,(H,26,27,28,32). The minimum absolute atomic E-state index is 0.0464. The van der Waals surface area contributed by atoms with Crippen LogP contribution in [0.25, 0.3) is 22.2 Å². The molecule has 8 nitrogen and oxygen atoms in total. The van der Waals surface area contributed by atoms with Crippen LogP contribution in [0.4, 0.5) is 11.6 Å². The Morgan fingerprint density at radius 3 is 2.42 bits per heavy atom. The lowest BCUT2D eigenvalue weighted by Gasteiger charge is -2.27. The highest BCUT2D eigenvalue weighted by Gasteiger charge is 2.28. The zero-order chi connectivity index (χ0) is 22.9. The van der Waals surface area contributed by atoms with Crippen molar-refractivity contribution in [2.75, 3.05) is 49.2 Å². The SMILES string of the molecule is CCN(CC)c1ccc(-c2c3c(nc4nc(N5CCOCC5)[nH]c(=O)c24)CCCC3=O)cc1. The Balaban J connectivity index is 1.71. The highest BCUT2D eigenvalue weighted by Crippen LogP contribution is 2.36. The summed E-state index contributed by atoms with van der Waals surface area (Å²) in [7, 11) is 0. The predicted octanol–water partition coefficient (Wildman–Crippen LogP) is 3.19. The van der Waals surface area contributed by atoms with E-state index in [1.54, 1.807) is 0 Å². The van der Waals surface area contributed by atoms with E-state index >= 15 is 0 Å². The van der Waals surface area contributed by atoms with Crippen molar-refractivity contribution in [1.29, 1.82) is 0 Å². The molecule has 0 amide bonds. The van der Waals surface area contributed by atoms with Crippen LogP contribution in [0.1, 0.15) is 42.7 Å². The van der Waals surface area contributed by atoms with E-state index < -0.39 is 0 Å². The first-order valence-corrected chi connectivity index (χ1v) is 11.8. The van der Waals surface area contributed by atoms with Crippen molar-refractivity contribution < 1.29 is 9.53 Å². The normalized spacial score (nSPS) is 16.2. The molecule has 3 aromatic rings. The minimum Gasteiger partial charge on any atom is -0.378 e. The Hall–Kier alpha value is -3.26. The topological polar surface area (TPSA) is 91.4 Å². The Morgan fingerprint density at radius 1 is 1.00 bits per heavy atom. The highest BCUT2D eigenvalue weighted by atomic mass is 16.5. The molecule has 1 aliphatic heterocycles. The van der Waals surface area contributed by atoms with E-state index in [4.69, 9.17) is 14.7 Å². The van der Waals surface area contributed by atoms with Gasteiger partial charge in [-0.2, -0.15) is 4.98 Å². The fourth-order valence-corrected chi connectivity index (χ4v) is 4.87. The Kier molecular flexibility index (Phi) is 5.85. The van der Waals surface area contributed by atoms with Crippen LogP contribution in [0.3, 0.4) is 0 Å². The maximum Gasteiger partial charge on any atom is 0.262 e. The van der Waals surface area contributed by atoms with E-state index in [1.165, 1.54) is 0 Å². The lowest BCUT2D eigenvalue weighted by Crippen LogP contribution is -2.38. The maximum absolute atomic E-state index is 13.4. The average Bonchev–Trinajstić information content (AvgIpc) is 2.85. The van der Waals surface area contributed by atoms with Crippen LogP contribution in [0.5, 0.6) is 0 Å². The molecule has 0 atom stereocenters. The number of rotatable bonds is 5. The molecule has 0 bridgehead atoms. The molecule has 1 fully saturated rings. The lowest BCUT2D eigenvalue weighted by atomic mass is 9.86. The number of ketones is 1. The van der Waals surface area contributed by atoms with Gasteiger partial charge in [0.25, 0.3) is 5.56 Å². The number of morpholine rings is 1. The number of H-pyrrole nitrogens is 1. The van der Waals surface area contributed by atoms with Crippen LogP contribution in [0.2, 0.25) is 0 Å². The van der Waals surface area contributed by atoms with Gasteiger partial charge in [0.2, 0.25) is 5.95 Å². The second-order valence-corrected chi connectivity index (χ2v) is 8.49. The van der Waals surface area contributed by atoms with Crippen LogP contribution < -0.4 is 15.4 Å². The number of nitrogens with zero attached hydrogens (tertiary/aromatic N) is 4. The Morgan fingerprint density at radius 2 is 1.73 bits per heavy atom. The molecule has 2 aromatic heterocycles. The van der Waals surface area contributed by atoms with Crippen LogP contribution >= 0.6 is 0 Å². The number of nitrogens with one attached hydrogen (secondary N) is 1. The number of fused-ring (bicyclic) bond motifs is 2. The summed E-state index contributed by atoms with van der Waals surface area (Å²) in [4.78, 5) is 43.1. The monoisotopic (exact) mass is 447 g/mol. The summed E-state index contributed by atoms with van der Waals surface area (Å²) in [6, 6.07) is 8.11. The number of hydrogen-bond donors (Lipinski definition) is 1. The first-order valence-electron chi connectivity index (χ1n) is 11.8. The van der Waals surface area contributed by atoms with Gasteiger partial charge in [-0.05, 0) is 44.4 Å². The van der Waals surface area contributed by atoms with Crippen LogP contribution in [-0.4, -0.2) is 60.1 Å². The number of aryl methyl sites for hydroxylation is 1. The van der Waals surface area contributed by atoms with Gasteiger partial charge in [-0.3, -0.25) is 14.6 Å². The first kappa shape index (κ1) is 21.6. The van der Waals surface area contributed by atoms with Gasteiger partial charge in [0.15, 0.2) is 11.4 Å². The van der Waals surface area contributed by atoms with E-state index in [-0.39, 0.29) is 11.3 Å². The van der Waals surface area contributed by atoms with Crippen molar-refractivity contribution >= 4 is 28.5 Å². The summed E-state index contributed by atoms with van der Waals surface area (Å²) < 4.78 is 5.43. The Labute approximate surface area is 192 Å². The van der Waals surface area contributed by atoms with Crippen LogP contribution in [0, 0.1) is 0 Å². The van der Waals surface area contributed by atoms with E-state index in [1.807, 2.05) is 17.0 Å². The number of benzene rings is 1. The summed E-state index contributed by atoms with van der Waals surface area (Å²) >= 11 is 0. The fourth-order valence-electron chi connectivity index (χ4n) is 4.87. The summed E-state index contributed by atoms with van der Waals surface area (Å²) in [6.45, 7) is 8.59. The number of anilines is 2. The lowest BCUT2D eigenvalue weighted by molar-refractivity contribution is 0.0972. The molecule has 3 heterocycles. The van der Waals surface area contributed by atoms with E-state index in [0.717, 1.165) is 36.5 Å². The smallest absolute Gasteiger partial charge is 0.262 e. The number of Topliss-reactive ketones (excluding diaryl/α,β-unsaturated/α-hetero) is 1. The highest BCUT2D eigenvalue weighted by molar-refractivity contribution is 6.10. The number of hydrogen-bond acceptors (Lipinski definition) is 7. The van der Waals surface area contributed by atoms with Gasteiger partial charge in [-0.15, -0.1) is 0 Å². The number of aromatic amines is 1. The largest absolute Gasteiger partial charge is 0.378 e. The van der Waals surface area contributed by atoms with Crippen molar-refractivity contribution in [2.24, 2.45) is 0 Å². The minimum atomic E-state index is -0.266. The molecule has 5 rings (SSSR count). The van der Waals surface area contributed by atoms with Crippen molar-refractivity contribution in [3.05, 3.63) is 45.9 Å². The molecular formula is C25H29N5O3. The van der Waals surface area contributed by atoms with Gasteiger partial charge in [-0.25, -0.2) is 4.98 Å². The average molecular weight is 448 g/mol. The molecule has 1 aromatic carbocycles. The molecule has 2 aliphatic rings. The van der Waals surface area contributed by atoms with Gasteiger partial charge in [-0.1, -0.05) is 12.1 Å². The van der Waals surface area contributed by atoms with E-state index in [2.05, 4.69) is 35.9 Å². The number of aromatic nitrogens is 3. The zero-order valence-corrected chi connectivity index (χ0v) is 19.2. The molecule has 1 saturated heterocycles. The van der Waals surface area contributed by atoms with Crippen molar-refractivity contribution in [3.63, 3.8) is 0 Å². The maximum atomic E-state index is 13.4. The number of carbonyl (C=O) groups excluding carboxylic acids is 1. The predicted molar refractivity (Wildman–Crippen MR) is 129 cm³/mol. The Bertz CT molecular complexity index is 1240. The molecule has 0 radical (unpaired) electrons. The number of carbonyl (C=O) groups is 1. The second-order valence-electron chi connectivity index (χ2n) is 8.49. The number of pyridine rings is 1. The molecule has 0 unspecified atom stereocenters. The van der Waals surface area contributed by atoms with Crippen molar-refractivity contribution in [2.45, 2.75) is 33.1 Å². The van der Waals surface area contributed by atoms with Gasteiger partial charge in [0.1, 0.15) is 0 Å². The molecule has 0 saturated carbocycles. The molecule has 8 heteroatoms. The van der Waals surface area contributed by atoms with Gasteiger partial charge < -0.3 is 14.5 Å². The molecule has 1 N–H and O–H groups in total. The van der Waals surface area contributed by atoms with Crippen molar-refractivity contribution in [3.8, 4) is 11.1 Å². The van der Waals surface area contributed by atoms with Gasteiger partial charge in [0.05, 0.1) is 24.3 Å². The van der Waals surface area contributed by atoms with Gasteiger partial charge in [0, 0.05) is 49.4 Å². The second kappa shape index (κ2) is 8.94. The summed E-state index contributed by atoms with van der Waals surface area (Å²) in [5, 5.41) is 0.386. The fraction of sp³-hybridized carbons (Fsp3) is 0.440. The molecule has 172 valence electrons. The third-order valence-corrected chi connectivity index (χ3v) is 6.61. The third-order valence-electron chi connectivity index (χ3n) is 6.61. The summed E-state index contributed by atoms with van der Waals surface area (Å²) in [5.74, 6) is 0.554. The van der Waals surface area contributed by atoms with E-state index in [9.17, 15) is 9.59 Å². The number of ether oxygens (including phenoxy) is 1. The quantitative estimate of drug-likeness (QED) is 0.642. The molecular weight excluding hydrogens is 418 g/mol. The molecule has 33 heavy (non-hydrogen) atoms. The molecule has 0 spiro atoms. The first-order chi connectivity index (χ1) is 16.1. The van der Waals surface area contributed by atoms with Crippen LogP contribution in [0.15, 0.2) is 29.1 Å². The third kappa shape index (κ3) is 3.88. The van der Waals surface area contributed by atoms with Crippen molar-refractivity contribution in [1.82, 2.24) is 15.0 Å². The zero-order valence-electron chi connectivity index (χ0n) is 19.2. The summed E-state index contributed by atoms with van der Waals surface area (Å²) in [5.41, 5.74) is 4.08.